The summed E-state index contributed by atoms with van der Waals surface area (Å²) in [5, 5.41) is 14.6. The van der Waals surface area contributed by atoms with Crippen LogP contribution in [0.25, 0.3) is 0 Å². The molecule has 6 nitrogen and oxygen atoms in total. The predicted octanol–water partition coefficient (Wildman–Crippen LogP) is 5.07. The van der Waals surface area contributed by atoms with Gasteiger partial charge in [0.05, 0.1) is 21.5 Å². The number of carbonyl (C=O) groups is 2. The zero-order valence-electron chi connectivity index (χ0n) is 15.3. The molecule has 0 atom stereocenters. The van der Waals surface area contributed by atoms with Gasteiger partial charge in [-0.1, -0.05) is 58.7 Å². The molecule has 0 bridgehead atoms. The third-order valence-corrected chi connectivity index (χ3v) is 5.51. The maximum absolute atomic E-state index is 12.2. The average Bonchev–Trinajstić information content (AvgIpc) is 2.71. The first kappa shape index (κ1) is 21.1. The SMILES string of the molecule is Cc1ccc(C(=O)Nc2ccc(SCC(=O)Nc3cccc(Cl)c3Cl)nn2)cc1. The van der Waals surface area contributed by atoms with E-state index < -0.39 is 0 Å². The van der Waals surface area contributed by atoms with Crippen LogP contribution in [0.15, 0.2) is 59.6 Å². The number of benzene rings is 2. The first-order chi connectivity index (χ1) is 13.9. The molecule has 0 aliphatic heterocycles. The molecule has 9 heteroatoms. The number of aryl methyl sites for hydroxylation is 1. The number of nitrogens with zero attached hydrogens (tertiary/aromatic N) is 2. The largest absolute Gasteiger partial charge is 0.324 e. The summed E-state index contributed by atoms with van der Waals surface area (Å²) < 4.78 is 0. The van der Waals surface area contributed by atoms with Gasteiger partial charge < -0.3 is 10.6 Å². The van der Waals surface area contributed by atoms with Crippen LogP contribution < -0.4 is 10.6 Å². The summed E-state index contributed by atoms with van der Waals surface area (Å²) in [5.41, 5.74) is 2.06. The number of hydrogen-bond donors (Lipinski definition) is 2. The van der Waals surface area contributed by atoms with Crippen molar-refractivity contribution in [3.63, 3.8) is 0 Å². The fraction of sp³-hybridized carbons (Fsp3) is 0.100. The lowest BCUT2D eigenvalue weighted by Gasteiger charge is -2.08. The van der Waals surface area contributed by atoms with Crippen molar-refractivity contribution in [1.82, 2.24) is 10.2 Å². The summed E-state index contributed by atoms with van der Waals surface area (Å²) in [7, 11) is 0. The number of aromatic nitrogens is 2. The van der Waals surface area contributed by atoms with E-state index in [-0.39, 0.29) is 17.6 Å². The third-order valence-electron chi connectivity index (χ3n) is 3.77. The molecular formula is C20H16Cl2N4O2S. The second kappa shape index (κ2) is 9.73. The molecule has 0 spiro atoms. The second-order valence-corrected chi connectivity index (χ2v) is 7.80. The Morgan fingerprint density at radius 3 is 2.41 bits per heavy atom. The molecule has 148 valence electrons. The average molecular weight is 447 g/mol. The Morgan fingerprint density at radius 2 is 1.72 bits per heavy atom. The molecule has 3 rings (SSSR count). The molecular weight excluding hydrogens is 431 g/mol. The molecule has 0 unspecified atom stereocenters. The highest BCUT2D eigenvalue weighted by Gasteiger charge is 2.10. The van der Waals surface area contributed by atoms with Gasteiger partial charge in [-0.05, 0) is 43.3 Å². The van der Waals surface area contributed by atoms with Crippen LogP contribution in [0.4, 0.5) is 11.5 Å². The van der Waals surface area contributed by atoms with Gasteiger partial charge in [0, 0.05) is 5.56 Å². The van der Waals surface area contributed by atoms with Gasteiger partial charge in [-0.3, -0.25) is 9.59 Å². The molecule has 0 fully saturated rings. The molecule has 0 saturated heterocycles. The Bertz CT molecular complexity index is 1030. The number of halogens is 2. The van der Waals surface area contributed by atoms with E-state index >= 15 is 0 Å². The quantitative estimate of drug-likeness (QED) is 0.516. The number of amides is 2. The predicted molar refractivity (Wildman–Crippen MR) is 117 cm³/mol. The number of thioether (sulfide) groups is 1. The zero-order chi connectivity index (χ0) is 20.8. The zero-order valence-corrected chi connectivity index (χ0v) is 17.6. The van der Waals surface area contributed by atoms with Crippen LogP contribution in [0.3, 0.4) is 0 Å². The molecule has 0 saturated carbocycles. The van der Waals surface area contributed by atoms with Crippen molar-refractivity contribution in [2.24, 2.45) is 0 Å². The number of carbonyl (C=O) groups excluding carboxylic acids is 2. The minimum atomic E-state index is -0.266. The molecule has 0 radical (unpaired) electrons. The summed E-state index contributed by atoms with van der Waals surface area (Å²) in [4.78, 5) is 24.3. The molecule has 0 aliphatic rings. The van der Waals surface area contributed by atoms with E-state index in [2.05, 4.69) is 20.8 Å². The topological polar surface area (TPSA) is 84.0 Å². The van der Waals surface area contributed by atoms with Gasteiger partial charge in [0.15, 0.2) is 5.82 Å². The van der Waals surface area contributed by atoms with Gasteiger partial charge in [-0.15, -0.1) is 10.2 Å². The lowest BCUT2D eigenvalue weighted by molar-refractivity contribution is -0.113. The summed E-state index contributed by atoms with van der Waals surface area (Å²) in [5.74, 6) is -0.0719. The van der Waals surface area contributed by atoms with Crippen molar-refractivity contribution in [1.29, 1.82) is 0 Å². The van der Waals surface area contributed by atoms with Crippen LogP contribution in [0.1, 0.15) is 15.9 Å². The fourth-order valence-electron chi connectivity index (χ4n) is 2.28. The minimum Gasteiger partial charge on any atom is -0.324 e. The molecule has 3 aromatic rings. The van der Waals surface area contributed by atoms with Crippen LogP contribution in [-0.4, -0.2) is 27.8 Å². The van der Waals surface area contributed by atoms with E-state index in [0.717, 1.165) is 5.56 Å². The lowest BCUT2D eigenvalue weighted by atomic mass is 10.1. The van der Waals surface area contributed by atoms with Crippen molar-refractivity contribution in [3.8, 4) is 0 Å². The lowest BCUT2D eigenvalue weighted by Crippen LogP contribution is -2.15. The maximum atomic E-state index is 12.2. The smallest absolute Gasteiger partial charge is 0.256 e. The monoisotopic (exact) mass is 446 g/mol. The van der Waals surface area contributed by atoms with Gasteiger partial charge in [-0.2, -0.15) is 0 Å². The molecule has 29 heavy (non-hydrogen) atoms. The molecule has 2 aromatic carbocycles. The van der Waals surface area contributed by atoms with Crippen molar-refractivity contribution in [3.05, 3.63) is 75.8 Å². The van der Waals surface area contributed by atoms with Crippen LogP contribution in [0, 0.1) is 6.92 Å². The van der Waals surface area contributed by atoms with Gasteiger partial charge in [-0.25, -0.2) is 0 Å². The number of anilines is 2. The Labute approximate surface area is 182 Å². The van der Waals surface area contributed by atoms with Crippen LogP contribution >= 0.6 is 35.0 Å². The van der Waals surface area contributed by atoms with E-state index in [9.17, 15) is 9.59 Å². The number of nitrogens with one attached hydrogen (secondary N) is 2. The first-order valence-electron chi connectivity index (χ1n) is 8.51. The van der Waals surface area contributed by atoms with Gasteiger partial charge >= 0.3 is 0 Å². The molecule has 1 aromatic heterocycles. The van der Waals surface area contributed by atoms with Crippen LogP contribution in [0.2, 0.25) is 10.0 Å². The van der Waals surface area contributed by atoms with E-state index in [4.69, 9.17) is 23.2 Å². The number of hydrogen-bond acceptors (Lipinski definition) is 5. The highest BCUT2D eigenvalue weighted by atomic mass is 35.5. The summed E-state index contributed by atoms with van der Waals surface area (Å²) >= 11 is 13.2. The van der Waals surface area contributed by atoms with E-state index in [1.54, 1.807) is 42.5 Å². The Kier molecular flexibility index (Phi) is 7.09. The summed E-state index contributed by atoms with van der Waals surface area (Å²) in [6.45, 7) is 1.95. The van der Waals surface area contributed by atoms with Crippen molar-refractivity contribution in [2.45, 2.75) is 11.9 Å². The minimum absolute atomic E-state index is 0.118. The third kappa shape index (κ3) is 5.93. The van der Waals surface area contributed by atoms with Crippen LogP contribution in [0.5, 0.6) is 0 Å². The van der Waals surface area contributed by atoms with E-state index in [0.29, 0.717) is 32.1 Å². The molecule has 0 aliphatic carbocycles. The summed E-state index contributed by atoms with van der Waals surface area (Å²) in [6, 6.07) is 15.5. The number of rotatable bonds is 6. The Balaban J connectivity index is 1.52. The van der Waals surface area contributed by atoms with Crippen molar-refractivity contribution >= 4 is 58.3 Å². The molecule has 2 N–H and O–H groups in total. The van der Waals surface area contributed by atoms with Gasteiger partial charge in [0.2, 0.25) is 5.91 Å². The Hall–Kier alpha value is -2.61. The highest BCUT2D eigenvalue weighted by molar-refractivity contribution is 7.99. The van der Waals surface area contributed by atoms with Crippen molar-refractivity contribution < 1.29 is 9.59 Å². The Morgan fingerprint density at radius 1 is 0.966 bits per heavy atom. The van der Waals surface area contributed by atoms with E-state index in [1.807, 2.05) is 19.1 Å². The fourth-order valence-corrected chi connectivity index (χ4v) is 3.24. The second-order valence-electron chi connectivity index (χ2n) is 6.02. The van der Waals surface area contributed by atoms with Gasteiger partial charge in [0.1, 0.15) is 5.03 Å². The normalized spacial score (nSPS) is 10.4. The summed E-state index contributed by atoms with van der Waals surface area (Å²) in [6.07, 6.45) is 0. The molecule has 1 heterocycles. The van der Waals surface area contributed by atoms with Crippen molar-refractivity contribution in [2.75, 3.05) is 16.4 Å². The van der Waals surface area contributed by atoms with Gasteiger partial charge in [0.25, 0.3) is 5.91 Å². The standard InChI is InChI=1S/C20H16Cl2N4O2S/c1-12-5-7-13(8-6-12)20(28)24-16-9-10-18(26-25-16)29-11-17(27)23-15-4-2-3-14(21)19(15)22/h2-10H,11H2,1H3,(H,23,27)(H,24,25,28). The maximum Gasteiger partial charge on any atom is 0.256 e. The first-order valence-corrected chi connectivity index (χ1v) is 10.2. The highest BCUT2D eigenvalue weighted by Crippen LogP contribution is 2.29. The molecule has 2 amide bonds. The van der Waals surface area contributed by atoms with Crippen LogP contribution in [-0.2, 0) is 4.79 Å². The van der Waals surface area contributed by atoms with E-state index in [1.165, 1.54) is 11.8 Å².